The van der Waals surface area contributed by atoms with E-state index < -0.39 is 0 Å². The van der Waals surface area contributed by atoms with Crippen molar-refractivity contribution in [1.82, 2.24) is 30.0 Å². The fourth-order valence-corrected chi connectivity index (χ4v) is 6.22. The van der Waals surface area contributed by atoms with E-state index in [0.29, 0.717) is 21.9 Å². The first-order valence-corrected chi connectivity index (χ1v) is 14.4. The Morgan fingerprint density at radius 2 is 1.95 bits per heavy atom. The molecule has 2 fully saturated rings. The molecule has 2 aliphatic rings. The molecule has 2 unspecified atom stereocenters. The molecule has 0 aliphatic carbocycles. The monoisotopic (exact) mass is 557 g/mol. The maximum atomic E-state index is 11.9. The van der Waals surface area contributed by atoms with Gasteiger partial charge in [-0.2, -0.15) is 5.10 Å². The zero-order valence-corrected chi connectivity index (χ0v) is 24.1. The van der Waals surface area contributed by atoms with E-state index in [-0.39, 0.29) is 17.9 Å². The molecule has 5 rings (SSSR count). The van der Waals surface area contributed by atoms with Crippen LogP contribution in [0, 0.1) is 24.7 Å². The summed E-state index contributed by atoms with van der Waals surface area (Å²) in [5, 5.41) is 9.04. The van der Waals surface area contributed by atoms with Gasteiger partial charge in [-0.05, 0) is 62.8 Å². The van der Waals surface area contributed by atoms with Crippen molar-refractivity contribution < 1.29 is 4.79 Å². The fraction of sp³-hybridized carbons (Fsp3) is 0.571. The van der Waals surface area contributed by atoms with Crippen molar-refractivity contribution in [2.75, 3.05) is 44.2 Å². The average molecular weight is 559 g/mol. The minimum Gasteiger partial charge on any atom is -0.355 e. The summed E-state index contributed by atoms with van der Waals surface area (Å²) in [5.74, 6) is 2.39. The van der Waals surface area contributed by atoms with Crippen molar-refractivity contribution in [2.45, 2.75) is 46.6 Å². The van der Waals surface area contributed by atoms with E-state index in [9.17, 15) is 4.79 Å². The molecular weight excluding hydrogens is 521 g/mol. The number of benzene rings is 1. The highest BCUT2D eigenvalue weighted by atomic mass is 35.5. The Kier molecular flexibility index (Phi) is 8.12. The molecule has 2 aromatic heterocycles. The van der Waals surface area contributed by atoms with E-state index >= 15 is 0 Å². The molecule has 4 heterocycles. The number of hydrogen-bond acceptors (Lipinski definition) is 6. The maximum Gasteiger partial charge on any atom is 0.222 e. The first-order valence-electron chi connectivity index (χ1n) is 13.6. The molecule has 2 saturated heterocycles. The number of aromatic nitrogens is 4. The zero-order valence-electron chi connectivity index (χ0n) is 22.6. The standard InChI is InChI=1S/C28H37Cl2N7O/c1-17(2)28(38)31-9-11-35-10-5-6-20(14-35)21-15-36(16-21)25-13-32-26-18(3)34-37(27(26)33-25)19(4)23-8-7-22(29)12-24(23)30/h7-8,12-13,17,19-21H,5-6,9-11,14-16H2,1-4H3,(H,31,38). The molecule has 2 atom stereocenters. The average Bonchev–Trinajstić information content (AvgIpc) is 3.19. The molecule has 1 amide bonds. The number of fused-ring (bicyclic) bond motifs is 1. The number of aryl methyl sites for hydroxylation is 1. The highest BCUT2D eigenvalue weighted by Gasteiger charge is 2.36. The summed E-state index contributed by atoms with van der Waals surface area (Å²) >= 11 is 12.6. The number of halogens is 2. The third-order valence-corrected chi connectivity index (χ3v) is 8.59. The normalized spacial score (nSPS) is 19.7. The molecule has 1 aromatic carbocycles. The summed E-state index contributed by atoms with van der Waals surface area (Å²) in [4.78, 5) is 26.5. The maximum absolute atomic E-state index is 11.9. The number of rotatable bonds is 8. The largest absolute Gasteiger partial charge is 0.355 e. The van der Waals surface area contributed by atoms with E-state index in [4.69, 9.17) is 38.3 Å². The highest BCUT2D eigenvalue weighted by molar-refractivity contribution is 6.35. The molecule has 204 valence electrons. The number of carbonyl (C=O) groups excluding carboxylic acids is 1. The zero-order chi connectivity index (χ0) is 27.0. The molecule has 8 nitrogen and oxygen atoms in total. The summed E-state index contributed by atoms with van der Waals surface area (Å²) in [6.45, 7) is 13.8. The second-order valence-electron chi connectivity index (χ2n) is 11.1. The van der Waals surface area contributed by atoms with Crippen molar-refractivity contribution in [3.05, 3.63) is 45.7 Å². The van der Waals surface area contributed by atoms with Crippen LogP contribution in [0.5, 0.6) is 0 Å². The van der Waals surface area contributed by atoms with Crippen molar-refractivity contribution in [3.8, 4) is 0 Å². The second kappa shape index (κ2) is 11.4. The Balaban J connectivity index is 1.23. The highest BCUT2D eigenvalue weighted by Crippen LogP contribution is 2.35. The Labute approximate surface area is 234 Å². The number of anilines is 1. The molecule has 0 radical (unpaired) electrons. The van der Waals surface area contributed by atoms with Crippen molar-refractivity contribution in [2.24, 2.45) is 17.8 Å². The van der Waals surface area contributed by atoms with Gasteiger partial charge in [-0.15, -0.1) is 0 Å². The summed E-state index contributed by atoms with van der Waals surface area (Å²) < 4.78 is 1.92. The van der Waals surface area contributed by atoms with Gasteiger partial charge < -0.3 is 15.1 Å². The third-order valence-electron chi connectivity index (χ3n) is 8.03. The Morgan fingerprint density at radius 1 is 1.16 bits per heavy atom. The van der Waals surface area contributed by atoms with Crippen LogP contribution in [-0.2, 0) is 4.79 Å². The molecular formula is C28H37Cl2N7O. The van der Waals surface area contributed by atoms with E-state index in [0.717, 1.165) is 67.5 Å². The fourth-order valence-electron chi connectivity index (χ4n) is 5.65. The van der Waals surface area contributed by atoms with Gasteiger partial charge in [0.25, 0.3) is 0 Å². The molecule has 0 bridgehead atoms. The molecule has 0 saturated carbocycles. The van der Waals surface area contributed by atoms with Crippen LogP contribution in [0.3, 0.4) is 0 Å². The lowest BCUT2D eigenvalue weighted by Gasteiger charge is -2.47. The first-order chi connectivity index (χ1) is 18.2. The quantitative estimate of drug-likeness (QED) is 0.421. The van der Waals surface area contributed by atoms with Gasteiger partial charge >= 0.3 is 0 Å². The van der Waals surface area contributed by atoms with Crippen LogP contribution in [0.4, 0.5) is 5.82 Å². The molecule has 0 spiro atoms. The number of carbonyl (C=O) groups is 1. The van der Waals surface area contributed by atoms with Gasteiger partial charge in [-0.25, -0.2) is 14.6 Å². The smallest absolute Gasteiger partial charge is 0.222 e. The second-order valence-corrected chi connectivity index (χ2v) is 11.9. The van der Waals surface area contributed by atoms with Gasteiger partial charge in [-0.1, -0.05) is 43.1 Å². The molecule has 38 heavy (non-hydrogen) atoms. The van der Waals surface area contributed by atoms with Crippen LogP contribution in [0.15, 0.2) is 24.4 Å². The lowest BCUT2D eigenvalue weighted by molar-refractivity contribution is -0.124. The summed E-state index contributed by atoms with van der Waals surface area (Å²) in [6, 6.07) is 5.45. The molecule has 1 N–H and O–H groups in total. The van der Waals surface area contributed by atoms with Crippen LogP contribution in [0.25, 0.3) is 11.2 Å². The lowest BCUT2D eigenvalue weighted by atomic mass is 9.80. The van der Waals surface area contributed by atoms with Gasteiger partial charge in [0, 0.05) is 48.7 Å². The van der Waals surface area contributed by atoms with E-state index in [1.807, 2.05) is 43.8 Å². The topological polar surface area (TPSA) is 79.2 Å². The van der Waals surface area contributed by atoms with Crippen molar-refractivity contribution in [1.29, 1.82) is 0 Å². The minimum absolute atomic E-state index is 0.0355. The summed E-state index contributed by atoms with van der Waals surface area (Å²) in [6.07, 6.45) is 4.36. The van der Waals surface area contributed by atoms with E-state index in [1.54, 1.807) is 6.07 Å². The van der Waals surface area contributed by atoms with Crippen LogP contribution < -0.4 is 10.2 Å². The first kappa shape index (κ1) is 27.2. The number of hydrogen-bond donors (Lipinski definition) is 1. The summed E-state index contributed by atoms with van der Waals surface area (Å²) in [5.41, 5.74) is 3.39. The predicted molar refractivity (Wildman–Crippen MR) is 153 cm³/mol. The molecule has 3 aromatic rings. The van der Waals surface area contributed by atoms with Gasteiger partial charge in [0.15, 0.2) is 5.65 Å². The number of nitrogens with one attached hydrogen (secondary N) is 1. The van der Waals surface area contributed by atoms with Crippen molar-refractivity contribution in [3.63, 3.8) is 0 Å². The Hall–Kier alpha value is -2.42. The van der Waals surface area contributed by atoms with Gasteiger partial charge in [0.1, 0.15) is 11.3 Å². The minimum atomic E-state index is -0.108. The molecule has 10 heteroatoms. The number of nitrogens with zero attached hydrogens (tertiary/aromatic N) is 6. The number of amides is 1. The Bertz CT molecular complexity index is 1300. The summed E-state index contributed by atoms with van der Waals surface area (Å²) in [7, 11) is 0. The van der Waals surface area contributed by atoms with E-state index in [2.05, 4.69) is 22.0 Å². The molecule has 2 aliphatic heterocycles. The number of likely N-dealkylation sites (tertiary alicyclic amines) is 1. The van der Waals surface area contributed by atoms with Crippen molar-refractivity contribution >= 4 is 46.1 Å². The van der Waals surface area contributed by atoms with Crippen LogP contribution in [0.1, 0.15) is 50.9 Å². The van der Waals surface area contributed by atoms with Gasteiger partial charge in [-0.3, -0.25) is 4.79 Å². The number of piperidine rings is 1. The Morgan fingerprint density at radius 3 is 2.68 bits per heavy atom. The third kappa shape index (κ3) is 5.63. The van der Waals surface area contributed by atoms with Gasteiger partial charge in [0.05, 0.1) is 17.9 Å². The lowest BCUT2D eigenvalue weighted by Crippen LogP contribution is -2.54. The predicted octanol–water partition coefficient (Wildman–Crippen LogP) is 4.97. The van der Waals surface area contributed by atoms with Crippen LogP contribution in [-0.4, -0.2) is 69.8 Å². The SMILES string of the molecule is Cc1nn(C(C)c2ccc(Cl)cc2Cl)c2nc(N3CC(C4CCCN(CCNC(=O)C(C)C)C4)C3)cnc12. The van der Waals surface area contributed by atoms with Gasteiger partial charge in [0.2, 0.25) is 5.91 Å². The van der Waals surface area contributed by atoms with E-state index in [1.165, 1.54) is 12.8 Å². The van der Waals surface area contributed by atoms with Crippen LogP contribution in [0.2, 0.25) is 10.0 Å². The van der Waals surface area contributed by atoms with Crippen LogP contribution >= 0.6 is 23.2 Å².